The Bertz CT molecular complexity index is 997. The van der Waals surface area contributed by atoms with Gasteiger partial charge < -0.3 is 19.6 Å². The summed E-state index contributed by atoms with van der Waals surface area (Å²) in [6.07, 6.45) is 0.881. The number of carbonyl (C=O) groups is 2. The van der Waals surface area contributed by atoms with Crippen molar-refractivity contribution in [3.8, 4) is 0 Å². The fraction of sp³-hybridized carbons (Fsp3) is 0.450. The van der Waals surface area contributed by atoms with E-state index in [2.05, 4.69) is 10.2 Å². The van der Waals surface area contributed by atoms with Crippen molar-refractivity contribution in [2.24, 2.45) is 0 Å². The SMILES string of the molecule is Cc1[nH][nH]c(=O)c1CC(=O)N1CC[C@@]23OC[C@@H](c4ccccc4)N2C(=O)C[C@@H]13. The van der Waals surface area contributed by atoms with Crippen molar-refractivity contribution in [3.05, 3.63) is 57.5 Å². The minimum absolute atomic E-state index is 0.0181. The molecule has 0 saturated carbocycles. The third-order valence-corrected chi connectivity index (χ3v) is 6.38. The number of hydrogen-bond acceptors (Lipinski definition) is 4. The van der Waals surface area contributed by atoms with Crippen LogP contribution >= 0.6 is 0 Å². The molecule has 8 heteroatoms. The predicted molar refractivity (Wildman–Crippen MR) is 99.3 cm³/mol. The quantitative estimate of drug-likeness (QED) is 0.822. The number of ether oxygens (including phenoxy) is 1. The second-order valence-electron chi connectivity index (χ2n) is 7.76. The lowest BCUT2D eigenvalue weighted by Crippen LogP contribution is -2.49. The highest BCUT2D eigenvalue weighted by Crippen LogP contribution is 2.51. The third-order valence-electron chi connectivity index (χ3n) is 6.38. The molecule has 2 aromatic rings. The smallest absolute Gasteiger partial charge is 0.267 e. The molecule has 5 rings (SSSR count). The minimum Gasteiger partial charge on any atom is -0.351 e. The molecule has 0 aliphatic carbocycles. The Kier molecular flexibility index (Phi) is 3.74. The zero-order valence-electron chi connectivity index (χ0n) is 15.6. The number of nitrogens with zero attached hydrogens (tertiary/aromatic N) is 2. The second-order valence-corrected chi connectivity index (χ2v) is 7.76. The summed E-state index contributed by atoms with van der Waals surface area (Å²) in [5.41, 5.74) is 1.14. The van der Waals surface area contributed by atoms with Crippen molar-refractivity contribution in [2.75, 3.05) is 13.2 Å². The number of H-pyrrole nitrogens is 2. The average Bonchev–Trinajstić information content (AvgIpc) is 3.40. The highest BCUT2D eigenvalue weighted by Gasteiger charge is 2.65. The molecule has 0 unspecified atom stereocenters. The van der Waals surface area contributed by atoms with Gasteiger partial charge in [0.05, 0.1) is 31.5 Å². The lowest BCUT2D eigenvalue weighted by atomic mass is 10.0. The first-order valence-electron chi connectivity index (χ1n) is 9.58. The van der Waals surface area contributed by atoms with Gasteiger partial charge in [0.25, 0.3) is 5.56 Å². The van der Waals surface area contributed by atoms with Gasteiger partial charge in [-0.25, -0.2) is 0 Å². The molecule has 146 valence electrons. The molecular weight excluding hydrogens is 360 g/mol. The summed E-state index contributed by atoms with van der Waals surface area (Å²) in [7, 11) is 0. The number of aromatic nitrogens is 2. The molecule has 1 spiro atoms. The Hall–Kier alpha value is -2.87. The van der Waals surface area contributed by atoms with Gasteiger partial charge in [0, 0.05) is 24.2 Å². The van der Waals surface area contributed by atoms with Crippen molar-refractivity contribution in [2.45, 2.75) is 44.0 Å². The van der Waals surface area contributed by atoms with Crippen LogP contribution in [0.5, 0.6) is 0 Å². The molecule has 3 saturated heterocycles. The highest BCUT2D eigenvalue weighted by atomic mass is 16.5. The van der Waals surface area contributed by atoms with E-state index in [0.29, 0.717) is 30.8 Å². The van der Waals surface area contributed by atoms with E-state index in [0.717, 1.165) is 5.56 Å². The maximum absolute atomic E-state index is 13.0. The molecule has 1 aromatic heterocycles. The van der Waals surface area contributed by atoms with Crippen molar-refractivity contribution in [3.63, 3.8) is 0 Å². The van der Waals surface area contributed by atoms with E-state index < -0.39 is 5.72 Å². The Morgan fingerprint density at radius 3 is 2.75 bits per heavy atom. The molecule has 3 aliphatic heterocycles. The van der Waals surface area contributed by atoms with Gasteiger partial charge in [-0.1, -0.05) is 30.3 Å². The maximum Gasteiger partial charge on any atom is 0.267 e. The molecule has 2 amide bonds. The molecule has 2 N–H and O–H groups in total. The molecule has 0 radical (unpaired) electrons. The zero-order chi connectivity index (χ0) is 19.5. The summed E-state index contributed by atoms with van der Waals surface area (Å²) in [6.45, 7) is 2.72. The number of rotatable bonds is 3. The molecule has 3 fully saturated rings. The third kappa shape index (κ3) is 2.30. The summed E-state index contributed by atoms with van der Waals surface area (Å²) in [5.74, 6) is -0.124. The first-order chi connectivity index (χ1) is 13.5. The Balaban J connectivity index is 1.41. The predicted octanol–water partition coefficient (Wildman–Crippen LogP) is 0.855. The van der Waals surface area contributed by atoms with E-state index in [1.54, 1.807) is 11.8 Å². The average molecular weight is 382 g/mol. The van der Waals surface area contributed by atoms with E-state index in [4.69, 9.17) is 4.74 Å². The van der Waals surface area contributed by atoms with Crippen molar-refractivity contribution in [1.29, 1.82) is 0 Å². The largest absolute Gasteiger partial charge is 0.351 e. The van der Waals surface area contributed by atoms with Gasteiger partial charge in [0.1, 0.15) is 0 Å². The van der Waals surface area contributed by atoms with Crippen LogP contribution in [0.2, 0.25) is 0 Å². The number of likely N-dealkylation sites (tertiary alicyclic amines) is 1. The number of aromatic amines is 2. The Labute approximate surface area is 161 Å². The number of nitrogens with one attached hydrogen (secondary N) is 2. The normalized spacial score (nSPS) is 28.7. The van der Waals surface area contributed by atoms with Crippen LogP contribution in [-0.2, 0) is 20.7 Å². The zero-order valence-corrected chi connectivity index (χ0v) is 15.6. The van der Waals surface area contributed by atoms with Crippen LogP contribution in [0, 0.1) is 6.92 Å². The van der Waals surface area contributed by atoms with Gasteiger partial charge in [0.2, 0.25) is 11.8 Å². The summed E-state index contributed by atoms with van der Waals surface area (Å²) in [6, 6.07) is 9.45. The fourth-order valence-corrected chi connectivity index (χ4v) is 5.00. The number of carbonyl (C=O) groups excluding carboxylic acids is 2. The van der Waals surface area contributed by atoms with Gasteiger partial charge in [-0.3, -0.25) is 19.5 Å². The van der Waals surface area contributed by atoms with Crippen LogP contribution in [0.3, 0.4) is 0 Å². The lowest BCUT2D eigenvalue weighted by Gasteiger charge is -2.33. The maximum atomic E-state index is 13.0. The number of aryl methyl sites for hydroxylation is 1. The molecule has 0 bridgehead atoms. The van der Waals surface area contributed by atoms with Crippen molar-refractivity contribution < 1.29 is 14.3 Å². The number of hydrogen-bond donors (Lipinski definition) is 2. The van der Waals surface area contributed by atoms with Gasteiger partial charge in [0.15, 0.2) is 5.72 Å². The first kappa shape index (κ1) is 17.2. The summed E-state index contributed by atoms with van der Waals surface area (Å²) < 4.78 is 6.23. The Morgan fingerprint density at radius 2 is 2.04 bits per heavy atom. The van der Waals surface area contributed by atoms with Crippen LogP contribution in [0.1, 0.15) is 35.7 Å². The molecule has 28 heavy (non-hydrogen) atoms. The van der Waals surface area contributed by atoms with Crippen LogP contribution in [0.4, 0.5) is 0 Å². The van der Waals surface area contributed by atoms with Gasteiger partial charge in [-0.05, 0) is 12.5 Å². The molecule has 4 heterocycles. The molecule has 8 nitrogen and oxygen atoms in total. The minimum atomic E-state index is -0.743. The van der Waals surface area contributed by atoms with E-state index in [9.17, 15) is 14.4 Å². The van der Waals surface area contributed by atoms with Crippen LogP contribution in [0.25, 0.3) is 0 Å². The molecule has 3 aliphatic rings. The highest BCUT2D eigenvalue weighted by molar-refractivity contribution is 5.86. The van der Waals surface area contributed by atoms with Crippen LogP contribution < -0.4 is 5.56 Å². The van der Waals surface area contributed by atoms with E-state index in [1.807, 2.05) is 35.2 Å². The van der Waals surface area contributed by atoms with Gasteiger partial charge in [-0.15, -0.1) is 0 Å². The van der Waals surface area contributed by atoms with Crippen LogP contribution in [-0.4, -0.2) is 56.7 Å². The monoisotopic (exact) mass is 382 g/mol. The summed E-state index contributed by atoms with van der Waals surface area (Å²) in [4.78, 5) is 41.4. The van der Waals surface area contributed by atoms with E-state index in [-0.39, 0.29) is 42.3 Å². The second kappa shape index (κ2) is 6.07. The standard InChI is InChI=1S/C20H22N4O4/c1-12-14(19(27)22-21-12)9-17(25)23-8-7-20-16(23)10-18(26)24(20)15(11-28-20)13-5-3-2-4-6-13/h2-6,15-16H,7-11H2,1H3,(H2,21,22,27)/t15-,16+,20-/m0/s1. The lowest BCUT2D eigenvalue weighted by molar-refractivity contribution is -0.141. The van der Waals surface area contributed by atoms with Gasteiger partial charge in [-0.2, -0.15) is 0 Å². The molecular formula is C20H22N4O4. The fourth-order valence-electron chi connectivity index (χ4n) is 5.00. The number of amides is 2. The summed E-state index contributed by atoms with van der Waals surface area (Å²) in [5, 5.41) is 5.26. The van der Waals surface area contributed by atoms with Gasteiger partial charge >= 0.3 is 0 Å². The molecule has 1 aromatic carbocycles. The summed E-state index contributed by atoms with van der Waals surface area (Å²) >= 11 is 0. The van der Waals surface area contributed by atoms with Crippen LogP contribution in [0.15, 0.2) is 35.1 Å². The van der Waals surface area contributed by atoms with Crippen molar-refractivity contribution in [1.82, 2.24) is 20.0 Å². The Morgan fingerprint density at radius 1 is 1.25 bits per heavy atom. The van der Waals surface area contributed by atoms with E-state index >= 15 is 0 Å². The van der Waals surface area contributed by atoms with Crippen molar-refractivity contribution >= 4 is 11.8 Å². The topological polar surface area (TPSA) is 98.5 Å². The van der Waals surface area contributed by atoms with E-state index in [1.165, 1.54) is 0 Å². The number of benzene rings is 1. The first-order valence-corrected chi connectivity index (χ1v) is 9.58. The molecule has 3 atom stereocenters.